The van der Waals surface area contributed by atoms with Gasteiger partial charge in [0, 0.05) is 11.1 Å². The van der Waals surface area contributed by atoms with E-state index >= 15 is 0 Å². The van der Waals surface area contributed by atoms with Gasteiger partial charge in [0.15, 0.2) is 0 Å². The Hall–Kier alpha value is -5.66. The normalized spacial score (nSPS) is 15.4. The van der Waals surface area contributed by atoms with Crippen LogP contribution < -0.4 is 0 Å². The first-order chi connectivity index (χ1) is 21.8. The minimum atomic E-state index is -4.66. The highest BCUT2D eigenvalue weighted by molar-refractivity contribution is 6.17. The molecule has 46 heavy (non-hydrogen) atoms. The van der Waals surface area contributed by atoms with Gasteiger partial charge in [0.25, 0.3) is 11.8 Å². The van der Waals surface area contributed by atoms with E-state index in [0.717, 1.165) is 12.1 Å². The lowest BCUT2D eigenvalue weighted by molar-refractivity contribution is -0.137. The van der Waals surface area contributed by atoms with Crippen LogP contribution in [0.25, 0.3) is 28.6 Å². The van der Waals surface area contributed by atoms with Gasteiger partial charge in [-0.2, -0.15) is 26.3 Å². The molecule has 0 atom stereocenters. The number of hydrogen-bond donors (Lipinski definition) is 0. The fraction of sp³-hybridized carbons (Fsp3) is 0.125. The second kappa shape index (κ2) is 12.4. The Bertz CT molecular complexity index is 1990. The third kappa shape index (κ3) is 6.55. The molecule has 2 aromatic carbocycles. The third-order valence-corrected chi connectivity index (χ3v) is 6.54. The van der Waals surface area contributed by atoms with Crippen molar-refractivity contribution in [1.29, 1.82) is 0 Å². The van der Waals surface area contributed by atoms with Crippen LogP contribution in [0.2, 0.25) is 0 Å². The molecule has 5 rings (SSSR count). The number of rotatable bonds is 7. The predicted molar refractivity (Wildman–Crippen MR) is 159 cm³/mol. The molecule has 8 nitrogen and oxygen atoms in total. The monoisotopic (exact) mass is 636 g/mol. The summed E-state index contributed by atoms with van der Waals surface area (Å²) < 4.78 is 93.1. The molecule has 14 heteroatoms. The summed E-state index contributed by atoms with van der Waals surface area (Å²) in [5.74, 6) is -0.295. The Morgan fingerprint density at radius 3 is 2.11 bits per heavy atom. The maximum absolute atomic E-state index is 13.6. The largest absolute Gasteiger partial charge is 0.418 e. The minimum Gasteiger partial charge on any atom is -0.415 e. The summed E-state index contributed by atoms with van der Waals surface area (Å²) in [6.07, 6.45) is -3.13. The van der Waals surface area contributed by atoms with Crippen molar-refractivity contribution in [3.8, 4) is 22.9 Å². The van der Waals surface area contributed by atoms with Gasteiger partial charge in [0.2, 0.25) is 11.8 Å². The first-order valence-corrected chi connectivity index (χ1v) is 13.4. The summed E-state index contributed by atoms with van der Waals surface area (Å²) in [6.45, 7) is 10.3. The maximum Gasteiger partial charge on any atom is 0.418 e. The van der Waals surface area contributed by atoms with Crippen molar-refractivity contribution in [2.45, 2.75) is 26.2 Å². The number of hydrogen-bond acceptors (Lipinski definition) is 8. The lowest BCUT2D eigenvalue weighted by Crippen LogP contribution is -2.22. The van der Waals surface area contributed by atoms with Crippen LogP contribution >= 0.6 is 0 Å². The summed E-state index contributed by atoms with van der Waals surface area (Å²) in [5.41, 5.74) is -1.52. The molecule has 0 aliphatic heterocycles. The highest BCUT2D eigenvalue weighted by Gasteiger charge is 2.38. The third-order valence-electron chi connectivity index (χ3n) is 6.54. The maximum atomic E-state index is 13.6. The van der Waals surface area contributed by atoms with E-state index in [1.807, 2.05) is 0 Å². The summed E-state index contributed by atoms with van der Waals surface area (Å²) >= 11 is 0. The molecule has 0 spiro atoms. The topological polar surface area (TPSA) is 103 Å². The Morgan fingerprint density at radius 1 is 0.870 bits per heavy atom. The summed E-state index contributed by atoms with van der Waals surface area (Å²) in [5, 5.41) is 15.9. The van der Waals surface area contributed by atoms with E-state index < -0.39 is 23.5 Å². The van der Waals surface area contributed by atoms with Crippen molar-refractivity contribution in [3.63, 3.8) is 0 Å². The lowest BCUT2D eigenvalue weighted by Gasteiger charge is -2.17. The van der Waals surface area contributed by atoms with Gasteiger partial charge in [-0.3, -0.25) is 0 Å². The molecular weight excluding hydrogens is 614 g/mol. The number of benzene rings is 2. The molecule has 1 aliphatic carbocycles. The van der Waals surface area contributed by atoms with E-state index in [-0.39, 0.29) is 57.5 Å². The van der Waals surface area contributed by atoms with Gasteiger partial charge in [-0.1, -0.05) is 49.6 Å². The molecule has 0 unspecified atom stereocenters. The van der Waals surface area contributed by atoms with Gasteiger partial charge in [-0.25, -0.2) is 9.98 Å². The van der Waals surface area contributed by atoms with Crippen LogP contribution in [-0.4, -0.2) is 38.0 Å². The fourth-order valence-electron chi connectivity index (χ4n) is 4.32. The van der Waals surface area contributed by atoms with Crippen LogP contribution in [0.15, 0.2) is 116 Å². The van der Waals surface area contributed by atoms with E-state index in [4.69, 9.17) is 8.83 Å². The average molecular weight is 637 g/mol. The zero-order chi connectivity index (χ0) is 33.2. The van der Waals surface area contributed by atoms with E-state index in [1.54, 1.807) is 31.2 Å². The first kappa shape index (κ1) is 31.8. The molecule has 0 saturated carbocycles. The molecule has 2 heterocycles. The van der Waals surface area contributed by atoms with Gasteiger partial charge < -0.3 is 8.83 Å². The number of allylic oxidation sites excluding steroid dienone is 7. The van der Waals surface area contributed by atoms with Crippen molar-refractivity contribution in [2.24, 2.45) is 9.98 Å². The molecule has 1 aliphatic rings. The smallest absolute Gasteiger partial charge is 0.415 e. The summed E-state index contributed by atoms with van der Waals surface area (Å²) in [4.78, 5) is 8.27. The second-order valence-corrected chi connectivity index (χ2v) is 9.67. The Balaban J connectivity index is 1.44. The highest BCUT2D eigenvalue weighted by atomic mass is 19.4. The standard InChI is InChI=1S/C32H22F6N6O2/c1-5-23(39-25-17(3)10-7-14-21(25)31(33,34)35)29-43-41-27(45-29)19-12-9-13-20(16-19)28-42-44-30(46-28)24(6-2)40-26-18(4)11-8-15-22(26)32(36,37)38/h5-16H,1,4H2,2-3H3/b24-6-,39-23+,40-26+. The van der Waals surface area contributed by atoms with Crippen LogP contribution in [-0.2, 0) is 6.18 Å². The molecule has 234 valence electrons. The van der Waals surface area contributed by atoms with Gasteiger partial charge in [-0.15, -0.1) is 20.4 Å². The average Bonchev–Trinajstić information content (AvgIpc) is 3.70. The fourth-order valence-corrected chi connectivity index (χ4v) is 4.32. The Kier molecular flexibility index (Phi) is 8.55. The van der Waals surface area contributed by atoms with Crippen LogP contribution in [0.1, 0.15) is 29.8 Å². The van der Waals surface area contributed by atoms with Crippen molar-refractivity contribution in [2.75, 3.05) is 0 Å². The number of alkyl halides is 6. The molecule has 0 bridgehead atoms. The zero-order valence-corrected chi connectivity index (χ0v) is 24.1. The number of aromatic nitrogens is 4. The van der Waals surface area contributed by atoms with E-state index in [9.17, 15) is 26.3 Å². The van der Waals surface area contributed by atoms with Crippen LogP contribution in [0, 0.1) is 6.92 Å². The quantitative estimate of drug-likeness (QED) is 0.148. The Morgan fingerprint density at radius 2 is 1.50 bits per heavy atom. The van der Waals surface area contributed by atoms with Crippen molar-refractivity contribution in [1.82, 2.24) is 20.4 Å². The summed E-state index contributed by atoms with van der Waals surface area (Å²) in [6, 6.07) is 10.2. The van der Waals surface area contributed by atoms with E-state index in [1.165, 1.54) is 43.4 Å². The van der Waals surface area contributed by atoms with Gasteiger partial charge in [-0.05, 0) is 61.4 Å². The van der Waals surface area contributed by atoms with Crippen LogP contribution in [0.3, 0.4) is 0 Å². The van der Waals surface area contributed by atoms with E-state index in [2.05, 4.69) is 43.5 Å². The van der Waals surface area contributed by atoms with Crippen molar-refractivity contribution in [3.05, 3.63) is 120 Å². The first-order valence-electron chi connectivity index (χ1n) is 13.4. The van der Waals surface area contributed by atoms with Gasteiger partial charge in [0.1, 0.15) is 11.4 Å². The number of nitrogens with zero attached hydrogens (tertiary/aromatic N) is 6. The van der Waals surface area contributed by atoms with Crippen LogP contribution in [0.5, 0.6) is 0 Å². The van der Waals surface area contributed by atoms with Crippen molar-refractivity contribution >= 4 is 22.8 Å². The molecule has 4 aromatic rings. The molecule has 0 fully saturated rings. The molecule has 0 saturated heterocycles. The molecule has 2 aromatic heterocycles. The SMILES string of the molecule is C=C/C(=N\c1c(C)cccc1C(F)(F)F)c1nnc(-c2cccc(-c3nnc(C(=C/C)/N=C4\C(=C)C=CC=C4C(F)(F)F)o3)c2)o1. The molecule has 0 amide bonds. The highest BCUT2D eigenvalue weighted by Crippen LogP contribution is 2.39. The Labute approximate surface area is 257 Å². The number of para-hydroxylation sites is 1. The zero-order valence-electron chi connectivity index (χ0n) is 24.1. The molecular formula is C32H22F6N6O2. The molecule has 0 N–H and O–H groups in total. The lowest BCUT2D eigenvalue weighted by atomic mass is 9.98. The molecule has 0 radical (unpaired) electrons. The van der Waals surface area contributed by atoms with Crippen molar-refractivity contribution < 1.29 is 35.2 Å². The second-order valence-electron chi connectivity index (χ2n) is 9.67. The number of halogens is 6. The number of aryl methyl sites for hydroxylation is 1. The summed E-state index contributed by atoms with van der Waals surface area (Å²) in [7, 11) is 0. The van der Waals surface area contributed by atoms with Gasteiger partial charge in [0.05, 0.1) is 22.5 Å². The number of aliphatic imine (C=N–C) groups is 2. The van der Waals surface area contributed by atoms with Gasteiger partial charge >= 0.3 is 12.4 Å². The predicted octanol–water partition coefficient (Wildman–Crippen LogP) is 8.84. The van der Waals surface area contributed by atoms with Crippen LogP contribution in [0.4, 0.5) is 32.0 Å². The van der Waals surface area contributed by atoms with E-state index in [0.29, 0.717) is 11.1 Å². The minimum absolute atomic E-state index is 0.00263.